The molecule has 1 atom stereocenters. The highest BCUT2D eigenvalue weighted by Gasteiger charge is 2.28. The molecule has 0 saturated carbocycles. The molecule has 1 saturated heterocycles. The Bertz CT molecular complexity index is 1020. The van der Waals surface area contributed by atoms with Crippen LogP contribution in [-0.2, 0) is 19.3 Å². The van der Waals surface area contributed by atoms with Gasteiger partial charge >= 0.3 is 5.97 Å². The van der Waals surface area contributed by atoms with Crippen molar-refractivity contribution in [2.24, 2.45) is 0 Å². The van der Waals surface area contributed by atoms with Gasteiger partial charge in [0, 0.05) is 18.8 Å². The van der Waals surface area contributed by atoms with Gasteiger partial charge in [-0.15, -0.1) is 0 Å². The number of nitrogens with zero attached hydrogens (tertiary/aromatic N) is 3. The molecule has 1 aliphatic heterocycles. The molecule has 154 valence electrons. The molecule has 2 aromatic carbocycles. The summed E-state index contributed by atoms with van der Waals surface area (Å²) in [5, 5.41) is 9.63. The van der Waals surface area contributed by atoms with E-state index in [1.807, 2.05) is 18.2 Å². The van der Waals surface area contributed by atoms with Crippen molar-refractivity contribution >= 4 is 11.9 Å². The first-order chi connectivity index (χ1) is 14.6. The third-order valence-corrected chi connectivity index (χ3v) is 5.93. The van der Waals surface area contributed by atoms with Gasteiger partial charge in [0.15, 0.2) is 0 Å². The summed E-state index contributed by atoms with van der Waals surface area (Å²) in [6.45, 7) is 2.98. The number of carboxylic acids is 1. The SMILES string of the molecule is Cc1ccccc1CCc1nc(N2CCC[C@@H]2Cc2ccccc2)ncc1C(=O)O. The molecule has 5 nitrogen and oxygen atoms in total. The second kappa shape index (κ2) is 9.08. The molecule has 3 aromatic rings. The molecule has 0 radical (unpaired) electrons. The summed E-state index contributed by atoms with van der Waals surface area (Å²) in [6.07, 6.45) is 5.97. The molecule has 30 heavy (non-hydrogen) atoms. The number of anilines is 1. The molecule has 0 unspecified atom stereocenters. The fourth-order valence-corrected chi connectivity index (χ4v) is 4.26. The number of benzene rings is 2. The first-order valence-electron chi connectivity index (χ1n) is 10.6. The summed E-state index contributed by atoms with van der Waals surface area (Å²) in [4.78, 5) is 23.2. The Hall–Kier alpha value is -3.21. The molecule has 1 aromatic heterocycles. The van der Waals surface area contributed by atoms with E-state index >= 15 is 0 Å². The maximum atomic E-state index is 11.7. The summed E-state index contributed by atoms with van der Waals surface area (Å²) < 4.78 is 0. The van der Waals surface area contributed by atoms with Crippen molar-refractivity contribution in [3.05, 3.63) is 88.7 Å². The van der Waals surface area contributed by atoms with Crippen LogP contribution in [0.1, 0.15) is 45.6 Å². The largest absolute Gasteiger partial charge is 0.478 e. The lowest BCUT2D eigenvalue weighted by molar-refractivity contribution is 0.0694. The van der Waals surface area contributed by atoms with Gasteiger partial charge in [-0.05, 0) is 55.7 Å². The average molecular weight is 402 g/mol. The second-order valence-corrected chi connectivity index (χ2v) is 7.94. The zero-order valence-corrected chi connectivity index (χ0v) is 17.3. The predicted octanol–water partition coefficient (Wildman–Crippen LogP) is 4.48. The number of aryl methyl sites for hydroxylation is 3. The van der Waals surface area contributed by atoms with E-state index in [1.54, 1.807) is 0 Å². The topological polar surface area (TPSA) is 66.3 Å². The molecule has 0 spiro atoms. The van der Waals surface area contributed by atoms with Crippen LogP contribution >= 0.6 is 0 Å². The van der Waals surface area contributed by atoms with Gasteiger partial charge < -0.3 is 10.0 Å². The van der Waals surface area contributed by atoms with Gasteiger partial charge in [0.2, 0.25) is 5.95 Å². The van der Waals surface area contributed by atoms with Gasteiger partial charge in [-0.3, -0.25) is 0 Å². The first-order valence-corrected chi connectivity index (χ1v) is 10.6. The van der Waals surface area contributed by atoms with Crippen LogP contribution in [0.5, 0.6) is 0 Å². The molecule has 0 aliphatic carbocycles. The Kier molecular flexibility index (Phi) is 6.07. The van der Waals surface area contributed by atoms with Crippen LogP contribution in [0.2, 0.25) is 0 Å². The van der Waals surface area contributed by atoms with E-state index in [0.717, 1.165) is 32.2 Å². The van der Waals surface area contributed by atoms with Gasteiger partial charge in [-0.2, -0.15) is 0 Å². The molecule has 1 aliphatic rings. The van der Waals surface area contributed by atoms with E-state index in [4.69, 9.17) is 4.98 Å². The van der Waals surface area contributed by atoms with Crippen LogP contribution in [0.4, 0.5) is 5.95 Å². The minimum Gasteiger partial charge on any atom is -0.478 e. The molecule has 0 bridgehead atoms. The fourth-order valence-electron chi connectivity index (χ4n) is 4.26. The van der Waals surface area contributed by atoms with Gasteiger partial charge in [0.05, 0.1) is 11.3 Å². The molecule has 1 N–H and O–H groups in total. The summed E-state index contributed by atoms with van der Waals surface area (Å²) in [6, 6.07) is 19.0. The highest BCUT2D eigenvalue weighted by atomic mass is 16.4. The second-order valence-electron chi connectivity index (χ2n) is 7.94. The quantitative estimate of drug-likeness (QED) is 0.632. The Labute approximate surface area is 177 Å². The first kappa shape index (κ1) is 20.1. The number of carbonyl (C=O) groups is 1. The van der Waals surface area contributed by atoms with Gasteiger partial charge in [-0.1, -0.05) is 54.6 Å². The van der Waals surface area contributed by atoms with Crippen molar-refractivity contribution in [1.82, 2.24) is 9.97 Å². The summed E-state index contributed by atoms with van der Waals surface area (Å²) in [5.74, 6) is -0.318. The van der Waals surface area contributed by atoms with Crippen molar-refractivity contribution in [1.29, 1.82) is 0 Å². The van der Waals surface area contributed by atoms with Crippen molar-refractivity contribution < 1.29 is 9.90 Å². The maximum Gasteiger partial charge on any atom is 0.339 e. The molecule has 2 heterocycles. The standard InChI is InChI=1S/C25H27N3O2/c1-18-8-5-6-11-20(18)13-14-23-22(24(29)30)17-26-25(27-23)28-15-7-12-21(28)16-19-9-3-2-4-10-19/h2-6,8-11,17,21H,7,12-16H2,1H3,(H,29,30)/t21-/m1/s1. The minimum absolute atomic E-state index is 0.200. The van der Waals surface area contributed by atoms with Crippen molar-refractivity contribution in [3.8, 4) is 0 Å². The Morgan fingerprint density at radius 1 is 1.10 bits per heavy atom. The number of carboxylic acid groups (broad SMARTS) is 1. The van der Waals surface area contributed by atoms with E-state index < -0.39 is 5.97 Å². The number of aromatic nitrogens is 2. The van der Waals surface area contributed by atoms with Crippen molar-refractivity contribution in [3.63, 3.8) is 0 Å². The lowest BCUT2D eigenvalue weighted by Crippen LogP contribution is -2.33. The molecule has 4 rings (SSSR count). The number of rotatable bonds is 7. The monoisotopic (exact) mass is 401 g/mol. The van der Waals surface area contributed by atoms with E-state index in [1.165, 1.54) is 22.9 Å². The lowest BCUT2D eigenvalue weighted by Gasteiger charge is -2.25. The zero-order valence-electron chi connectivity index (χ0n) is 17.3. The zero-order chi connectivity index (χ0) is 20.9. The molecular formula is C25H27N3O2. The normalized spacial score (nSPS) is 16.0. The van der Waals surface area contributed by atoms with Crippen LogP contribution < -0.4 is 4.90 Å². The van der Waals surface area contributed by atoms with Crippen LogP contribution in [0.25, 0.3) is 0 Å². The van der Waals surface area contributed by atoms with Crippen LogP contribution in [0.3, 0.4) is 0 Å². The molecule has 0 amide bonds. The summed E-state index contributed by atoms with van der Waals surface area (Å²) in [5.41, 5.74) is 4.55. The van der Waals surface area contributed by atoms with Crippen molar-refractivity contribution in [2.45, 2.75) is 45.1 Å². The van der Waals surface area contributed by atoms with E-state index in [2.05, 4.69) is 53.2 Å². The van der Waals surface area contributed by atoms with Crippen LogP contribution in [0.15, 0.2) is 60.8 Å². The average Bonchev–Trinajstić information content (AvgIpc) is 3.21. The van der Waals surface area contributed by atoms with Crippen LogP contribution in [0, 0.1) is 6.92 Å². The van der Waals surface area contributed by atoms with Gasteiger partial charge in [0.1, 0.15) is 0 Å². The lowest BCUT2D eigenvalue weighted by atomic mass is 10.0. The van der Waals surface area contributed by atoms with Gasteiger partial charge in [-0.25, -0.2) is 14.8 Å². The van der Waals surface area contributed by atoms with E-state index in [-0.39, 0.29) is 5.56 Å². The van der Waals surface area contributed by atoms with Crippen LogP contribution in [-0.4, -0.2) is 33.6 Å². The van der Waals surface area contributed by atoms with E-state index in [9.17, 15) is 9.90 Å². The molecule has 1 fully saturated rings. The predicted molar refractivity (Wildman–Crippen MR) is 118 cm³/mol. The molecular weight excluding hydrogens is 374 g/mol. The maximum absolute atomic E-state index is 11.7. The highest BCUT2D eigenvalue weighted by Crippen LogP contribution is 2.26. The highest BCUT2D eigenvalue weighted by molar-refractivity contribution is 5.88. The third kappa shape index (κ3) is 4.51. The molecule has 5 heteroatoms. The van der Waals surface area contributed by atoms with Crippen molar-refractivity contribution in [2.75, 3.05) is 11.4 Å². The van der Waals surface area contributed by atoms with E-state index in [0.29, 0.717) is 24.1 Å². The number of hydrogen-bond donors (Lipinski definition) is 1. The van der Waals surface area contributed by atoms with Gasteiger partial charge in [0.25, 0.3) is 0 Å². The Balaban J connectivity index is 1.57. The number of aromatic carboxylic acids is 1. The third-order valence-electron chi connectivity index (χ3n) is 5.93. The smallest absolute Gasteiger partial charge is 0.339 e. The minimum atomic E-state index is -0.969. The Morgan fingerprint density at radius 3 is 2.63 bits per heavy atom. The Morgan fingerprint density at radius 2 is 1.87 bits per heavy atom. The summed E-state index contributed by atoms with van der Waals surface area (Å²) >= 11 is 0. The fraction of sp³-hybridized carbons (Fsp3) is 0.320. The number of hydrogen-bond acceptors (Lipinski definition) is 4. The summed E-state index contributed by atoms with van der Waals surface area (Å²) in [7, 11) is 0.